The lowest BCUT2D eigenvalue weighted by Crippen LogP contribution is -2.05. The van der Waals surface area contributed by atoms with E-state index in [1.54, 1.807) is 31.4 Å². The van der Waals surface area contributed by atoms with Crippen LogP contribution in [0.4, 0.5) is 0 Å². The van der Waals surface area contributed by atoms with Crippen molar-refractivity contribution in [1.82, 2.24) is 0 Å². The molecule has 1 unspecified atom stereocenters. The number of hydrogen-bond donors (Lipinski definition) is 0. The van der Waals surface area contributed by atoms with Gasteiger partial charge >= 0.3 is 11.9 Å². The van der Waals surface area contributed by atoms with Crippen LogP contribution in [0.2, 0.25) is 0 Å². The zero-order chi connectivity index (χ0) is 10.8. The van der Waals surface area contributed by atoms with Gasteiger partial charge in [-0.25, -0.2) is 0 Å². The van der Waals surface area contributed by atoms with Gasteiger partial charge in [0.2, 0.25) is 0 Å². The second-order valence-corrected chi connectivity index (χ2v) is 3.32. The van der Waals surface area contributed by atoms with Crippen molar-refractivity contribution in [3.63, 3.8) is 0 Å². The van der Waals surface area contributed by atoms with Crippen molar-refractivity contribution in [2.45, 2.75) is 12.3 Å². The Kier molecular flexibility index (Phi) is 2.41. The number of benzene rings is 1. The number of carbonyl (C=O) groups is 2. The summed E-state index contributed by atoms with van der Waals surface area (Å²) in [5.74, 6) is -0.661. The third-order valence-electron chi connectivity index (χ3n) is 2.39. The minimum atomic E-state index is -0.467. The molecular formula is C11H10O4. The van der Waals surface area contributed by atoms with E-state index in [1.807, 2.05) is 0 Å². The topological polar surface area (TPSA) is 52.6 Å². The van der Waals surface area contributed by atoms with E-state index < -0.39 is 17.9 Å². The smallest absolute Gasteiger partial charge is 0.321 e. The molecule has 78 valence electrons. The van der Waals surface area contributed by atoms with Crippen LogP contribution >= 0.6 is 0 Å². The third-order valence-corrected chi connectivity index (χ3v) is 2.39. The first-order valence-electron chi connectivity index (χ1n) is 4.59. The van der Waals surface area contributed by atoms with E-state index in [-0.39, 0.29) is 6.42 Å². The molecule has 0 amide bonds. The summed E-state index contributed by atoms with van der Waals surface area (Å²) < 4.78 is 9.47. The molecule has 1 aliphatic rings. The fraction of sp³-hybridized carbons (Fsp3) is 0.273. The lowest BCUT2D eigenvalue weighted by molar-refractivity contribution is -0.152. The molecule has 1 aromatic rings. The van der Waals surface area contributed by atoms with Crippen LogP contribution in [0.5, 0.6) is 5.75 Å². The van der Waals surface area contributed by atoms with Crippen molar-refractivity contribution in [1.29, 1.82) is 0 Å². The van der Waals surface area contributed by atoms with Crippen molar-refractivity contribution in [3.8, 4) is 5.75 Å². The van der Waals surface area contributed by atoms with Gasteiger partial charge in [0.15, 0.2) is 0 Å². The van der Waals surface area contributed by atoms with Gasteiger partial charge in [-0.15, -0.1) is 0 Å². The second kappa shape index (κ2) is 3.73. The zero-order valence-electron chi connectivity index (χ0n) is 8.23. The third kappa shape index (κ3) is 1.83. The summed E-state index contributed by atoms with van der Waals surface area (Å²) in [5.41, 5.74) is 0.784. The largest absolute Gasteiger partial charge is 0.497 e. The average Bonchev–Trinajstić information content (AvgIpc) is 2.58. The van der Waals surface area contributed by atoms with Gasteiger partial charge in [-0.05, 0) is 17.7 Å². The Morgan fingerprint density at radius 3 is 2.40 bits per heavy atom. The van der Waals surface area contributed by atoms with Crippen molar-refractivity contribution in [2.75, 3.05) is 7.11 Å². The Morgan fingerprint density at radius 2 is 1.93 bits per heavy atom. The number of ether oxygens (including phenoxy) is 2. The first kappa shape index (κ1) is 9.71. The molecule has 1 fully saturated rings. The number of methoxy groups -OCH3 is 1. The van der Waals surface area contributed by atoms with Crippen LogP contribution < -0.4 is 4.74 Å². The molecule has 0 aliphatic carbocycles. The van der Waals surface area contributed by atoms with Gasteiger partial charge in [-0.2, -0.15) is 0 Å². The Bertz CT molecular complexity index is 394. The maximum absolute atomic E-state index is 11.3. The average molecular weight is 206 g/mol. The molecule has 4 heteroatoms. The van der Waals surface area contributed by atoms with Gasteiger partial charge in [0, 0.05) is 0 Å². The van der Waals surface area contributed by atoms with Gasteiger partial charge in [0.05, 0.1) is 19.4 Å². The van der Waals surface area contributed by atoms with Crippen LogP contribution in [0.3, 0.4) is 0 Å². The zero-order valence-corrected chi connectivity index (χ0v) is 8.23. The Morgan fingerprint density at radius 1 is 1.27 bits per heavy atom. The molecule has 1 aromatic carbocycles. The van der Waals surface area contributed by atoms with E-state index in [0.29, 0.717) is 0 Å². The summed E-state index contributed by atoms with van der Waals surface area (Å²) >= 11 is 0. The number of rotatable bonds is 2. The lowest BCUT2D eigenvalue weighted by atomic mass is 9.98. The summed E-state index contributed by atoms with van der Waals surface area (Å²) in [6.45, 7) is 0. The maximum Gasteiger partial charge on any atom is 0.321 e. The Hall–Kier alpha value is -1.84. The molecular weight excluding hydrogens is 196 g/mol. The summed E-state index contributed by atoms with van der Waals surface area (Å²) in [6.07, 6.45) is 0.130. The standard InChI is InChI=1S/C11H10O4/c1-14-8-4-2-7(3-5-8)9-6-10(12)15-11(9)13/h2-5,9H,6H2,1H3. The summed E-state index contributed by atoms with van der Waals surface area (Å²) in [6, 6.07) is 7.05. The molecule has 1 atom stereocenters. The second-order valence-electron chi connectivity index (χ2n) is 3.32. The molecule has 1 saturated heterocycles. The monoisotopic (exact) mass is 206 g/mol. The van der Waals surface area contributed by atoms with E-state index in [4.69, 9.17) is 4.74 Å². The highest BCUT2D eigenvalue weighted by atomic mass is 16.6. The fourth-order valence-corrected chi connectivity index (χ4v) is 1.57. The van der Waals surface area contributed by atoms with Crippen LogP contribution in [-0.4, -0.2) is 19.0 Å². The predicted molar refractivity (Wildman–Crippen MR) is 51.5 cm³/mol. The highest BCUT2D eigenvalue weighted by Crippen LogP contribution is 2.28. The van der Waals surface area contributed by atoms with E-state index >= 15 is 0 Å². The van der Waals surface area contributed by atoms with Gasteiger partial charge in [0.1, 0.15) is 5.75 Å². The molecule has 0 N–H and O–H groups in total. The van der Waals surface area contributed by atoms with Crippen LogP contribution in [0, 0.1) is 0 Å². The SMILES string of the molecule is COc1ccc(C2CC(=O)OC2=O)cc1. The number of esters is 2. The van der Waals surface area contributed by atoms with Crippen molar-refractivity contribution in [2.24, 2.45) is 0 Å². The summed E-state index contributed by atoms with van der Waals surface area (Å²) in [7, 11) is 1.57. The van der Waals surface area contributed by atoms with E-state index in [0.717, 1.165) is 11.3 Å². The molecule has 0 spiro atoms. The number of cyclic esters (lactones) is 2. The molecule has 2 rings (SSSR count). The molecule has 0 radical (unpaired) electrons. The Balaban J connectivity index is 2.22. The Labute approximate surface area is 86.8 Å². The molecule has 1 heterocycles. The highest BCUT2D eigenvalue weighted by Gasteiger charge is 2.34. The van der Waals surface area contributed by atoms with Crippen molar-refractivity contribution in [3.05, 3.63) is 29.8 Å². The van der Waals surface area contributed by atoms with Crippen molar-refractivity contribution < 1.29 is 19.1 Å². The lowest BCUT2D eigenvalue weighted by Gasteiger charge is -2.05. The van der Waals surface area contributed by atoms with Crippen LogP contribution in [-0.2, 0) is 14.3 Å². The van der Waals surface area contributed by atoms with E-state index in [1.165, 1.54) is 0 Å². The minimum Gasteiger partial charge on any atom is -0.497 e. The fourth-order valence-electron chi connectivity index (χ4n) is 1.57. The van der Waals surface area contributed by atoms with E-state index in [2.05, 4.69) is 4.74 Å². The van der Waals surface area contributed by atoms with Crippen molar-refractivity contribution >= 4 is 11.9 Å². The van der Waals surface area contributed by atoms with Gasteiger partial charge in [-0.3, -0.25) is 9.59 Å². The maximum atomic E-state index is 11.3. The molecule has 15 heavy (non-hydrogen) atoms. The first-order valence-corrected chi connectivity index (χ1v) is 4.59. The molecule has 0 bridgehead atoms. The molecule has 4 nitrogen and oxygen atoms in total. The van der Waals surface area contributed by atoms with Gasteiger partial charge < -0.3 is 9.47 Å². The minimum absolute atomic E-state index is 0.130. The van der Waals surface area contributed by atoms with Crippen LogP contribution in [0.15, 0.2) is 24.3 Å². The quantitative estimate of drug-likeness (QED) is 0.539. The van der Waals surface area contributed by atoms with E-state index in [9.17, 15) is 9.59 Å². The molecule has 0 saturated carbocycles. The summed E-state index contributed by atoms with van der Waals surface area (Å²) in [4.78, 5) is 22.2. The van der Waals surface area contributed by atoms with Gasteiger partial charge in [0.25, 0.3) is 0 Å². The number of hydrogen-bond acceptors (Lipinski definition) is 4. The normalized spacial score (nSPS) is 20.2. The van der Waals surface area contributed by atoms with Gasteiger partial charge in [-0.1, -0.05) is 12.1 Å². The summed E-state index contributed by atoms with van der Waals surface area (Å²) in [5, 5.41) is 0. The van der Waals surface area contributed by atoms with Crippen LogP contribution in [0.25, 0.3) is 0 Å². The number of carbonyl (C=O) groups excluding carboxylic acids is 2. The highest BCUT2D eigenvalue weighted by molar-refractivity contribution is 5.97. The van der Waals surface area contributed by atoms with Crippen LogP contribution in [0.1, 0.15) is 17.9 Å². The first-order chi connectivity index (χ1) is 7.20. The molecule has 1 aliphatic heterocycles. The molecule has 0 aromatic heterocycles. The predicted octanol–water partition coefficient (Wildman–Crippen LogP) is 1.25.